The van der Waals surface area contributed by atoms with Gasteiger partial charge in [-0.1, -0.05) is 76.9 Å². The lowest BCUT2D eigenvalue weighted by molar-refractivity contribution is -0.679. The molecular formula is C25H47N2+. The van der Waals surface area contributed by atoms with Crippen LogP contribution in [0, 0.1) is 0 Å². The van der Waals surface area contributed by atoms with E-state index in [-0.39, 0.29) is 0 Å². The molecule has 0 amide bonds. The maximum Gasteiger partial charge on any atom is 0.256 e. The van der Waals surface area contributed by atoms with Gasteiger partial charge in [-0.05, 0) is 46.0 Å². The minimum Gasteiger partial charge on any atom is -0.237 e. The highest BCUT2D eigenvalue weighted by Crippen LogP contribution is 2.13. The van der Waals surface area contributed by atoms with Gasteiger partial charge in [0.05, 0.1) is 13.1 Å². The Labute approximate surface area is 170 Å². The van der Waals surface area contributed by atoms with Crippen molar-refractivity contribution in [3.63, 3.8) is 0 Å². The fourth-order valence-electron chi connectivity index (χ4n) is 3.83. The van der Waals surface area contributed by atoms with Crippen molar-refractivity contribution < 1.29 is 4.57 Å². The number of allylic oxidation sites excluding steroid dienone is 2. The summed E-state index contributed by atoms with van der Waals surface area (Å²) in [7, 11) is 2.17. The van der Waals surface area contributed by atoms with Gasteiger partial charge in [-0.2, -0.15) is 0 Å². The van der Waals surface area contributed by atoms with Crippen molar-refractivity contribution in [3.05, 3.63) is 30.4 Å². The highest BCUT2D eigenvalue weighted by atomic mass is 15.1. The summed E-state index contributed by atoms with van der Waals surface area (Å²) < 4.78 is 4.70. The standard InChI is InChI=1S/C25H47N2/c1-5-6-7-8-9-10-11-12-13-14-15-16-17-18-19-20-21-25-26(4)22-23-27(25)24(2)3/h12-13,22-24H,5-11,14-21H2,1-4H3/q+1. The molecule has 2 heteroatoms. The van der Waals surface area contributed by atoms with Gasteiger partial charge < -0.3 is 0 Å². The Morgan fingerprint density at radius 3 is 1.89 bits per heavy atom. The molecule has 27 heavy (non-hydrogen) atoms. The summed E-state index contributed by atoms with van der Waals surface area (Å²) in [6.45, 7) is 6.83. The summed E-state index contributed by atoms with van der Waals surface area (Å²) in [5.74, 6) is 1.47. The lowest BCUT2D eigenvalue weighted by Crippen LogP contribution is -2.32. The molecule has 1 aromatic heterocycles. The van der Waals surface area contributed by atoms with Gasteiger partial charge in [-0.25, -0.2) is 9.13 Å². The molecular weight excluding hydrogens is 328 g/mol. The molecule has 156 valence electrons. The van der Waals surface area contributed by atoms with Crippen molar-refractivity contribution in [3.8, 4) is 0 Å². The van der Waals surface area contributed by atoms with Crippen LogP contribution in [0.4, 0.5) is 0 Å². The van der Waals surface area contributed by atoms with Gasteiger partial charge in [0.1, 0.15) is 12.4 Å². The predicted molar refractivity (Wildman–Crippen MR) is 119 cm³/mol. The van der Waals surface area contributed by atoms with Gasteiger partial charge in [0.15, 0.2) is 0 Å². The first-order valence-electron chi connectivity index (χ1n) is 11.9. The second kappa shape index (κ2) is 16.0. The smallest absolute Gasteiger partial charge is 0.237 e. The average molecular weight is 376 g/mol. The van der Waals surface area contributed by atoms with E-state index in [2.05, 4.69) is 61.5 Å². The molecule has 0 atom stereocenters. The lowest BCUT2D eigenvalue weighted by atomic mass is 10.1. The van der Waals surface area contributed by atoms with Crippen LogP contribution in [-0.2, 0) is 13.5 Å². The molecule has 1 heterocycles. The zero-order valence-corrected chi connectivity index (χ0v) is 18.9. The van der Waals surface area contributed by atoms with Crippen LogP contribution in [0.25, 0.3) is 0 Å². The van der Waals surface area contributed by atoms with E-state index in [4.69, 9.17) is 0 Å². The summed E-state index contributed by atoms with van der Waals surface area (Å²) in [5, 5.41) is 0. The first-order chi connectivity index (χ1) is 13.2. The Morgan fingerprint density at radius 1 is 0.815 bits per heavy atom. The van der Waals surface area contributed by atoms with Crippen molar-refractivity contribution in [2.45, 2.75) is 123 Å². The summed E-state index contributed by atoms with van der Waals surface area (Å²) >= 11 is 0. The van der Waals surface area contributed by atoms with E-state index < -0.39 is 0 Å². The van der Waals surface area contributed by atoms with Crippen molar-refractivity contribution >= 4 is 0 Å². The van der Waals surface area contributed by atoms with Crippen LogP contribution in [0.15, 0.2) is 24.5 Å². The van der Waals surface area contributed by atoms with E-state index >= 15 is 0 Å². The van der Waals surface area contributed by atoms with Crippen LogP contribution in [0.3, 0.4) is 0 Å². The van der Waals surface area contributed by atoms with Crippen molar-refractivity contribution in [1.29, 1.82) is 0 Å². The molecule has 0 unspecified atom stereocenters. The maximum atomic E-state index is 2.42. The molecule has 0 bridgehead atoms. The third-order valence-corrected chi connectivity index (χ3v) is 5.62. The Hall–Kier alpha value is -1.05. The number of rotatable bonds is 17. The van der Waals surface area contributed by atoms with Gasteiger partial charge in [-0.3, -0.25) is 0 Å². The summed E-state index contributed by atoms with van der Waals surface area (Å²) in [6.07, 6.45) is 29.8. The predicted octanol–water partition coefficient (Wildman–Crippen LogP) is 7.47. The Morgan fingerprint density at radius 2 is 1.33 bits per heavy atom. The number of nitrogens with zero attached hydrogens (tertiary/aromatic N) is 2. The number of hydrogen-bond donors (Lipinski definition) is 0. The zero-order valence-electron chi connectivity index (χ0n) is 18.9. The number of imidazole rings is 1. The van der Waals surface area contributed by atoms with Crippen molar-refractivity contribution in [2.24, 2.45) is 7.05 Å². The third kappa shape index (κ3) is 11.4. The highest BCUT2D eigenvalue weighted by molar-refractivity contribution is 4.86. The Bertz CT molecular complexity index is 485. The molecule has 0 aliphatic rings. The van der Waals surface area contributed by atoms with E-state index in [1.54, 1.807) is 0 Å². The molecule has 0 spiro atoms. The van der Waals surface area contributed by atoms with Crippen LogP contribution >= 0.6 is 0 Å². The second-order valence-corrected chi connectivity index (χ2v) is 8.51. The van der Waals surface area contributed by atoms with Crippen molar-refractivity contribution in [2.75, 3.05) is 0 Å². The Kier molecular flexibility index (Phi) is 14.2. The van der Waals surface area contributed by atoms with Crippen LogP contribution in [0.1, 0.15) is 123 Å². The molecule has 0 aliphatic heterocycles. The quantitative estimate of drug-likeness (QED) is 0.152. The molecule has 1 rings (SSSR count). The fraction of sp³-hybridized carbons (Fsp3) is 0.800. The van der Waals surface area contributed by atoms with Gasteiger partial charge in [0.25, 0.3) is 5.82 Å². The van der Waals surface area contributed by atoms with Gasteiger partial charge >= 0.3 is 0 Å². The number of aryl methyl sites for hydroxylation is 1. The average Bonchev–Trinajstić information content (AvgIpc) is 3.02. The van der Waals surface area contributed by atoms with E-state index in [1.807, 2.05) is 0 Å². The molecule has 0 fully saturated rings. The minimum absolute atomic E-state index is 0.565. The van der Waals surface area contributed by atoms with Gasteiger partial charge in [-0.15, -0.1) is 0 Å². The topological polar surface area (TPSA) is 8.81 Å². The van der Waals surface area contributed by atoms with Gasteiger partial charge in [0, 0.05) is 6.42 Å². The highest BCUT2D eigenvalue weighted by Gasteiger charge is 2.15. The minimum atomic E-state index is 0.565. The number of unbranched alkanes of at least 4 members (excludes halogenated alkanes) is 12. The number of hydrogen-bond acceptors (Lipinski definition) is 0. The second-order valence-electron chi connectivity index (χ2n) is 8.51. The Balaban J connectivity index is 1.91. The van der Waals surface area contributed by atoms with Crippen LogP contribution in [0.2, 0.25) is 0 Å². The summed E-state index contributed by atoms with van der Waals surface area (Å²) in [5.41, 5.74) is 0. The van der Waals surface area contributed by atoms with E-state index in [0.717, 1.165) is 0 Å². The monoisotopic (exact) mass is 375 g/mol. The normalized spacial score (nSPS) is 11.9. The van der Waals surface area contributed by atoms with Crippen LogP contribution in [0.5, 0.6) is 0 Å². The molecule has 0 saturated carbocycles. The SMILES string of the molecule is CCCCCCCCC=CCCCCCCCCc1n(C(C)C)cc[n+]1C. The molecule has 0 aliphatic carbocycles. The largest absolute Gasteiger partial charge is 0.256 e. The zero-order chi connectivity index (χ0) is 19.7. The molecule has 0 N–H and O–H groups in total. The summed E-state index contributed by atoms with van der Waals surface area (Å²) in [4.78, 5) is 0. The molecule has 0 aromatic carbocycles. The molecule has 2 nitrogen and oxygen atoms in total. The molecule has 0 saturated heterocycles. The lowest BCUT2D eigenvalue weighted by Gasteiger charge is -2.06. The fourth-order valence-corrected chi connectivity index (χ4v) is 3.83. The molecule has 1 aromatic rings. The van der Waals surface area contributed by atoms with Crippen molar-refractivity contribution in [1.82, 2.24) is 4.57 Å². The van der Waals surface area contributed by atoms with E-state index in [9.17, 15) is 0 Å². The third-order valence-electron chi connectivity index (χ3n) is 5.62. The van der Waals surface area contributed by atoms with Gasteiger partial charge in [0.2, 0.25) is 0 Å². The molecule has 0 radical (unpaired) electrons. The first-order valence-corrected chi connectivity index (χ1v) is 11.9. The summed E-state index contributed by atoms with van der Waals surface area (Å²) in [6, 6.07) is 0.565. The van der Waals surface area contributed by atoms with E-state index in [1.165, 1.54) is 102 Å². The van der Waals surface area contributed by atoms with E-state index in [0.29, 0.717) is 6.04 Å². The van der Waals surface area contributed by atoms with Crippen LogP contribution < -0.4 is 4.57 Å². The maximum absolute atomic E-state index is 2.42. The number of aromatic nitrogens is 2. The first kappa shape index (κ1) is 24.0. The van der Waals surface area contributed by atoms with Crippen LogP contribution in [-0.4, -0.2) is 4.57 Å².